The Morgan fingerprint density at radius 2 is 1.73 bits per heavy atom. The average Bonchev–Trinajstić information content (AvgIpc) is 3.39. The first-order valence-corrected chi connectivity index (χ1v) is 12.2. The summed E-state index contributed by atoms with van der Waals surface area (Å²) in [5.41, 5.74) is 0.953. The first kappa shape index (κ1) is 21.8. The molecule has 164 valence electrons. The van der Waals surface area contributed by atoms with E-state index in [2.05, 4.69) is 22.6 Å². The number of hydrogen-bond donors (Lipinski definition) is 0. The van der Waals surface area contributed by atoms with Crippen LogP contribution in [0.5, 0.6) is 5.75 Å². The van der Waals surface area contributed by atoms with Gasteiger partial charge in [-0.2, -0.15) is 0 Å². The molecule has 0 unspecified atom stereocenters. The maximum absolute atomic E-state index is 12.8. The monoisotopic (exact) mass is 567 g/mol. The van der Waals surface area contributed by atoms with Crippen molar-refractivity contribution in [2.75, 3.05) is 13.2 Å². The van der Waals surface area contributed by atoms with Crippen LogP contribution >= 0.6 is 34.4 Å². The van der Waals surface area contributed by atoms with Crippen LogP contribution in [0.3, 0.4) is 0 Å². The Morgan fingerprint density at radius 3 is 2.58 bits per heavy atom. The maximum Gasteiger partial charge on any atom is 0.293 e. The zero-order valence-corrected chi connectivity index (χ0v) is 20.3. The highest BCUT2D eigenvalue weighted by atomic mass is 127. The Kier molecular flexibility index (Phi) is 6.24. The summed E-state index contributed by atoms with van der Waals surface area (Å²) in [5.74, 6) is 1.63. The number of imide groups is 1. The van der Waals surface area contributed by atoms with Gasteiger partial charge in [0.1, 0.15) is 23.9 Å². The zero-order chi connectivity index (χ0) is 22.8. The van der Waals surface area contributed by atoms with E-state index >= 15 is 0 Å². The van der Waals surface area contributed by atoms with Crippen LogP contribution in [0.25, 0.3) is 28.2 Å². The van der Waals surface area contributed by atoms with Crippen molar-refractivity contribution in [1.82, 2.24) is 4.90 Å². The summed E-state index contributed by atoms with van der Waals surface area (Å²) in [5, 5.41) is 1.76. The van der Waals surface area contributed by atoms with Gasteiger partial charge in [-0.05, 0) is 70.1 Å². The molecule has 1 saturated heterocycles. The second-order valence-electron chi connectivity index (χ2n) is 7.37. The lowest BCUT2D eigenvalue weighted by Gasteiger charge is -2.14. The summed E-state index contributed by atoms with van der Waals surface area (Å²) in [7, 11) is 0. The van der Waals surface area contributed by atoms with Crippen LogP contribution in [-0.4, -0.2) is 29.2 Å². The smallest absolute Gasteiger partial charge is 0.293 e. The van der Waals surface area contributed by atoms with Crippen LogP contribution in [-0.2, 0) is 4.79 Å². The molecule has 1 fully saturated rings. The molecule has 3 aromatic carbocycles. The number of carbonyl (C=O) groups is 2. The van der Waals surface area contributed by atoms with Gasteiger partial charge in [-0.15, -0.1) is 0 Å². The zero-order valence-electron chi connectivity index (χ0n) is 17.4. The molecule has 2 heterocycles. The molecule has 5 rings (SSSR count). The normalized spacial score (nSPS) is 15.1. The summed E-state index contributed by atoms with van der Waals surface area (Å²) in [6.07, 6.45) is 1.62. The molecule has 1 aromatic heterocycles. The van der Waals surface area contributed by atoms with E-state index in [0.29, 0.717) is 16.4 Å². The molecule has 1 aliphatic heterocycles. The van der Waals surface area contributed by atoms with E-state index in [1.165, 1.54) is 4.90 Å². The highest BCUT2D eigenvalue weighted by molar-refractivity contribution is 14.1. The van der Waals surface area contributed by atoms with Gasteiger partial charge in [0.25, 0.3) is 11.1 Å². The lowest BCUT2D eigenvalue weighted by molar-refractivity contribution is -0.123. The molecule has 0 radical (unpaired) electrons. The number of hydrogen-bond acceptors (Lipinski definition) is 5. The quantitative estimate of drug-likeness (QED) is 0.189. The van der Waals surface area contributed by atoms with Crippen LogP contribution in [0.15, 0.2) is 88.2 Å². The van der Waals surface area contributed by atoms with E-state index in [9.17, 15) is 9.59 Å². The minimum absolute atomic E-state index is 0.178. The van der Waals surface area contributed by atoms with Gasteiger partial charge in [0.15, 0.2) is 0 Å². The van der Waals surface area contributed by atoms with Crippen molar-refractivity contribution in [1.29, 1.82) is 0 Å². The van der Waals surface area contributed by atoms with Gasteiger partial charge in [-0.1, -0.05) is 48.5 Å². The van der Waals surface area contributed by atoms with Crippen molar-refractivity contribution in [2.24, 2.45) is 0 Å². The molecular formula is C26H18INO4S. The minimum Gasteiger partial charge on any atom is -0.491 e. The lowest BCUT2D eigenvalue weighted by Crippen LogP contribution is -2.32. The Morgan fingerprint density at radius 1 is 0.939 bits per heavy atom. The molecule has 1 aliphatic rings. The van der Waals surface area contributed by atoms with Gasteiger partial charge >= 0.3 is 0 Å². The summed E-state index contributed by atoms with van der Waals surface area (Å²) in [4.78, 5) is 26.8. The molecule has 0 atom stereocenters. The lowest BCUT2D eigenvalue weighted by atomic mass is 10.1. The number of rotatable bonds is 6. The number of ether oxygens (including phenoxy) is 1. The molecule has 2 amide bonds. The molecular weight excluding hydrogens is 549 g/mol. The third-order valence-corrected chi connectivity index (χ3v) is 6.85. The second kappa shape index (κ2) is 9.44. The molecule has 7 heteroatoms. The van der Waals surface area contributed by atoms with Crippen LogP contribution < -0.4 is 4.74 Å². The molecule has 4 aromatic rings. The highest BCUT2D eigenvalue weighted by Gasteiger charge is 2.35. The van der Waals surface area contributed by atoms with Crippen LogP contribution in [0.4, 0.5) is 4.79 Å². The number of carbonyl (C=O) groups excluding carboxylic acids is 2. The minimum atomic E-state index is -0.335. The van der Waals surface area contributed by atoms with E-state index < -0.39 is 0 Å². The summed E-state index contributed by atoms with van der Waals surface area (Å²) >= 11 is 3.16. The fourth-order valence-electron chi connectivity index (χ4n) is 3.59. The van der Waals surface area contributed by atoms with Gasteiger partial charge in [0.05, 0.1) is 11.4 Å². The standard InChI is InChI=1S/C26H18INO4S/c27-19-10-8-18(9-11-19)22-13-12-20(32-22)16-24-25(29)28(26(30)33-24)14-15-31-23-7-3-5-17-4-1-2-6-21(17)23/h1-13,16H,14-15H2/b24-16-. The average molecular weight is 567 g/mol. The van der Waals surface area contributed by atoms with Crippen LogP contribution in [0.2, 0.25) is 0 Å². The molecule has 0 bridgehead atoms. The topological polar surface area (TPSA) is 59.8 Å². The molecule has 5 nitrogen and oxygen atoms in total. The Labute approximate surface area is 208 Å². The van der Waals surface area contributed by atoms with Gasteiger partial charge < -0.3 is 9.15 Å². The van der Waals surface area contributed by atoms with Gasteiger partial charge in [0.2, 0.25) is 0 Å². The third-order valence-electron chi connectivity index (χ3n) is 5.22. The Bertz CT molecular complexity index is 1370. The van der Waals surface area contributed by atoms with Crippen LogP contribution in [0, 0.1) is 3.57 Å². The predicted molar refractivity (Wildman–Crippen MR) is 139 cm³/mol. The number of halogens is 1. The summed E-state index contributed by atoms with van der Waals surface area (Å²) in [6, 6.07) is 25.4. The molecule has 0 aliphatic carbocycles. The fourth-order valence-corrected chi connectivity index (χ4v) is 4.79. The third kappa shape index (κ3) is 4.69. The van der Waals surface area contributed by atoms with E-state index in [-0.39, 0.29) is 24.3 Å². The molecule has 33 heavy (non-hydrogen) atoms. The van der Waals surface area contributed by atoms with E-state index in [1.54, 1.807) is 12.1 Å². The van der Waals surface area contributed by atoms with Gasteiger partial charge in [-0.25, -0.2) is 0 Å². The highest BCUT2D eigenvalue weighted by Crippen LogP contribution is 2.33. The van der Waals surface area contributed by atoms with Gasteiger partial charge in [-0.3, -0.25) is 14.5 Å². The number of nitrogens with zero attached hydrogens (tertiary/aromatic N) is 1. The summed E-state index contributed by atoms with van der Waals surface area (Å²) < 4.78 is 12.9. The van der Waals surface area contributed by atoms with E-state index in [0.717, 1.165) is 37.4 Å². The molecule has 0 saturated carbocycles. The van der Waals surface area contributed by atoms with Crippen molar-refractivity contribution in [2.45, 2.75) is 0 Å². The number of fused-ring (bicyclic) bond motifs is 1. The number of thioether (sulfide) groups is 1. The second-order valence-corrected chi connectivity index (χ2v) is 9.61. The van der Waals surface area contributed by atoms with Crippen LogP contribution in [0.1, 0.15) is 5.76 Å². The van der Waals surface area contributed by atoms with Crippen molar-refractivity contribution in [3.8, 4) is 17.1 Å². The number of amides is 2. The molecule has 0 spiro atoms. The first-order valence-electron chi connectivity index (χ1n) is 10.3. The maximum atomic E-state index is 12.8. The SMILES string of the molecule is O=C1S/C(=C\c2ccc(-c3ccc(I)cc3)o2)C(=O)N1CCOc1cccc2ccccc12. The van der Waals surface area contributed by atoms with Crippen molar-refractivity contribution in [3.63, 3.8) is 0 Å². The number of furan rings is 1. The number of benzene rings is 3. The fraction of sp³-hybridized carbons (Fsp3) is 0.0769. The predicted octanol–water partition coefficient (Wildman–Crippen LogP) is 6.82. The summed E-state index contributed by atoms with van der Waals surface area (Å²) in [6.45, 7) is 0.397. The van der Waals surface area contributed by atoms with Crippen molar-refractivity contribution in [3.05, 3.63) is 93.1 Å². The Balaban J connectivity index is 1.25. The van der Waals surface area contributed by atoms with Gasteiger partial charge in [0, 0.05) is 20.6 Å². The molecule has 0 N–H and O–H groups in total. The largest absolute Gasteiger partial charge is 0.491 e. The first-order chi connectivity index (χ1) is 16.1. The van der Waals surface area contributed by atoms with Crippen molar-refractivity contribution < 1.29 is 18.7 Å². The van der Waals surface area contributed by atoms with E-state index in [1.807, 2.05) is 72.8 Å². The van der Waals surface area contributed by atoms with E-state index in [4.69, 9.17) is 9.15 Å². The Hall–Kier alpha value is -3.04. The van der Waals surface area contributed by atoms with Crippen molar-refractivity contribution >= 4 is 62.3 Å².